The summed E-state index contributed by atoms with van der Waals surface area (Å²) in [6.07, 6.45) is -2.49. The van der Waals surface area contributed by atoms with Crippen LogP contribution < -0.4 is 9.47 Å². The molecule has 2 fully saturated rings. The Balaban J connectivity index is 1.50. The van der Waals surface area contributed by atoms with Crippen molar-refractivity contribution in [1.29, 1.82) is 0 Å². The standard InChI is InChI=1S/C21H22F3N3O3/c1-3-29-16-6-4-12(2)26-19(16)20(28)27-11-13-8-15(27)17(9-13)30-18-7-5-14(10-25-18)21(22,23)24/h4-7,10,13,15,17H,3,8-9,11H2,1-2H3. The largest absolute Gasteiger partial charge is 0.491 e. The molecule has 2 aromatic rings. The van der Waals surface area contributed by atoms with Crippen molar-refractivity contribution in [3.8, 4) is 11.6 Å². The van der Waals surface area contributed by atoms with Gasteiger partial charge in [-0.25, -0.2) is 9.97 Å². The van der Waals surface area contributed by atoms with Gasteiger partial charge in [-0.15, -0.1) is 0 Å². The molecule has 2 aliphatic rings. The summed E-state index contributed by atoms with van der Waals surface area (Å²) < 4.78 is 49.6. The van der Waals surface area contributed by atoms with Crippen LogP contribution in [0.25, 0.3) is 0 Å². The quantitative estimate of drug-likeness (QED) is 0.733. The van der Waals surface area contributed by atoms with Gasteiger partial charge >= 0.3 is 6.18 Å². The number of amides is 1. The van der Waals surface area contributed by atoms with Crippen molar-refractivity contribution in [2.45, 2.75) is 45.0 Å². The highest BCUT2D eigenvalue weighted by molar-refractivity contribution is 5.95. The minimum absolute atomic E-state index is 0.122. The number of carbonyl (C=O) groups excluding carboxylic acids is 1. The molecular weight excluding hydrogens is 399 g/mol. The Hall–Kier alpha value is -2.84. The third kappa shape index (κ3) is 3.93. The van der Waals surface area contributed by atoms with Crippen molar-refractivity contribution in [2.24, 2.45) is 5.92 Å². The summed E-state index contributed by atoms with van der Waals surface area (Å²) >= 11 is 0. The van der Waals surface area contributed by atoms with Crippen LogP contribution >= 0.6 is 0 Å². The molecule has 3 atom stereocenters. The Morgan fingerprint density at radius 3 is 2.67 bits per heavy atom. The van der Waals surface area contributed by atoms with E-state index in [4.69, 9.17) is 9.47 Å². The fourth-order valence-electron chi connectivity index (χ4n) is 4.20. The first-order chi connectivity index (χ1) is 14.3. The van der Waals surface area contributed by atoms with Crippen molar-refractivity contribution < 1.29 is 27.4 Å². The molecule has 2 aromatic heterocycles. The molecule has 4 rings (SSSR count). The van der Waals surface area contributed by atoms with Crippen LogP contribution in [0.1, 0.15) is 41.5 Å². The number of pyridine rings is 2. The molecule has 9 heteroatoms. The SMILES string of the molecule is CCOc1ccc(C)nc1C(=O)N1CC2CC(Oc3ccc(C(F)(F)F)cn3)C1C2. The van der Waals surface area contributed by atoms with E-state index in [2.05, 4.69) is 9.97 Å². The molecule has 1 amide bonds. The molecule has 1 aliphatic heterocycles. The van der Waals surface area contributed by atoms with Crippen LogP contribution in [-0.4, -0.2) is 46.1 Å². The van der Waals surface area contributed by atoms with Crippen LogP contribution in [0, 0.1) is 12.8 Å². The van der Waals surface area contributed by atoms with Gasteiger partial charge in [0.05, 0.1) is 18.2 Å². The first-order valence-electron chi connectivity index (χ1n) is 9.87. The zero-order valence-corrected chi connectivity index (χ0v) is 16.6. The van der Waals surface area contributed by atoms with Gasteiger partial charge in [-0.3, -0.25) is 4.79 Å². The zero-order chi connectivity index (χ0) is 21.5. The van der Waals surface area contributed by atoms with Crippen molar-refractivity contribution in [3.05, 3.63) is 47.4 Å². The number of hydrogen-bond acceptors (Lipinski definition) is 5. The van der Waals surface area contributed by atoms with Crippen LogP contribution in [0.2, 0.25) is 0 Å². The fourth-order valence-corrected chi connectivity index (χ4v) is 4.20. The molecule has 0 N–H and O–H groups in total. The number of piperidine rings is 1. The summed E-state index contributed by atoms with van der Waals surface area (Å²) in [5.74, 6) is 0.622. The molecule has 1 saturated heterocycles. The maximum absolute atomic E-state index is 13.2. The van der Waals surface area contributed by atoms with Crippen molar-refractivity contribution >= 4 is 5.91 Å². The predicted octanol–water partition coefficient (Wildman–Crippen LogP) is 3.88. The van der Waals surface area contributed by atoms with Gasteiger partial charge in [0, 0.05) is 24.5 Å². The number of halogens is 3. The van der Waals surface area contributed by atoms with Crippen LogP contribution in [0.5, 0.6) is 11.6 Å². The Morgan fingerprint density at radius 1 is 1.23 bits per heavy atom. The van der Waals surface area contributed by atoms with Crippen LogP contribution in [0.4, 0.5) is 13.2 Å². The smallest absolute Gasteiger partial charge is 0.417 e. The van der Waals surface area contributed by atoms with Crippen molar-refractivity contribution in [3.63, 3.8) is 0 Å². The Bertz CT molecular complexity index is 933. The van der Waals surface area contributed by atoms with E-state index >= 15 is 0 Å². The van der Waals surface area contributed by atoms with Gasteiger partial charge in [-0.2, -0.15) is 13.2 Å². The van der Waals surface area contributed by atoms with E-state index in [-0.39, 0.29) is 35.5 Å². The number of alkyl halides is 3. The second-order valence-electron chi connectivity index (χ2n) is 7.63. The maximum atomic E-state index is 13.2. The number of ether oxygens (including phenoxy) is 2. The lowest BCUT2D eigenvalue weighted by atomic mass is 10.1. The Kier molecular flexibility index (Phi) is 5.29. The molecule has 6 nitrogen and oxygen atoms in total. The van der Waals surface area contributed by atoms with Gasteiger partial charge in [0.25, 0.3) is 5.91 Å². The highest BCUT2D eigenvalue weighted by Gasteiger charge is 2.49. The Labute approximate surface area is 172 Å². The summed E-state index contributed by atoms with van der Waals surface area (Å²) in [5, 5.41) is 0. The van der Waals surface area contributed by atoms with Crippen molar-refractivity contribution in [2.75, 3.05) is 13.2 Å². The number of hydrogen-bond donors (Lipinski definition) is 0. The second kappa shape index (κ2) is 7.77. The molecule has 0 spiro atoms. The summed E-state index contributed by atoms with van der Waals surface area (Å²) in [5.41, 5.74) is 0.164. The monoisotopic (exact) mass is 421 g/mol. The molecule has 3 unspecified atom stereocenters. The number of rotatable bonds is 5. The van der Waals surface area contributed by atoms with Crippen LogP contribution in [0.3, 0.4) is 0 Å². The van der Waals surface area contributed by atoms with E-state index in [1.807, 2.05) is 13.8 Å². The van der Waals surface area contributed by atoms with E-state index in [9.17, 15) is 18.0 Å². The molecule has 160 valence electrons. The number of aryl methyl sites for hydroxylation is 1. The number of nitrogens with zero attached hydrogens (tertiary/aromatic N) is 3. The fraction of sp³-hybridized carbons (Fsp3) is 0.476. The van der Waals surface area contributed by atoms with Gasteiger partial charge in [0.2, 0.25) is 5.88 Å². The highest BCUT2D eigenvalue weighted by atomic mass is 19.4. The lowest BCUT2D eigenvalue weighted by Crippen LogP contribution is -2.47. The van der Waals surface area contributed by atoms with Crippen LogP contribution in [0.15, 0.2) is 30.5 Å². The average Bonchev–Trinajstić information content (AvgIpc) is 3.29. The Morgan fingerprint density at radius 2 is 2.03 bits per heavy atom. The van der Waals surface area contributed by atoms with E-state index in [0.29, 0.717) is 24.6 Å². The average molecular weight is 421 g/mol. The molecule has 3 heterocycles. The molecular formula is C21H22F3N3O3. The first kappa shape index (κ1) is 20.4. The minimum Gasteiger partial charge on any atom is -0.491 e. The molecule has 0 radical (unpaired) electrons. The number of fused-ring (bicyclic) bond motifs is 2. The van der Waals surface area contributed by atoms with Gasteiger partial charge < -0.3 is 14.4 Å². The molecule has 1 aliphatic carbocycles. The summed E-state index contributed by atoms with van der Waals surface area (Å²) in [7, 11) is 0. The van der Waals surface area contributed by atoms with Gasteiger partial charge in [-0.05, 0) is 50.8 Å². The lowest BCUT2D eigenvalue weighted by Gasteiger charge is -2.33. The lowest BCUT2D eigenvalue weighted by molar-refractivity contribution is -0.137. The van der Waals surface area contributed by atoms with Crippen LogP contribution in [-0.2, 0) is 6.18 Å². The normalized spacial score (nSPS) is 23.0. The number of aromatic nitrogens is 2. The van der Waals surface area contributed by atoms with E-state index in [1.165, 1.54) is 6.07 Å². The van der Waals surface area contributed by atoms with Gasteiger partial charge in [0.15, 0.2) is 11.4 Å². The third-order valence-electron chi connectivity index (χ3n) is 5.52. The van der Waals surface area contributed by atoms with Gasteiger partial charge in [-0.1, -0.05) is 0 Å². The highest BCUT2D eigenvalue weighted by Crippen LogP contribution is 2.41. The first-order valence-corrected chi connectivity index (χ1v) is 9.87. The summed E-state index contributed by atoms with van der Waals surface area (Å²) in [6, 6.07) is 5.52. The second-order valence-corrected chi connectivity index (χ2v) is 7.63. The summed E-state index contributed by atoms with van der Waals surface area (Å²) in [4.78, 5) is 23.1. The third-order valence-corrected chi connectivity index (χ3v) is 5.52. The number of likely N-dealkylation sites (tertiary alicyclic amines) is 1. The molecule has 1 saturated carbocycles. The number of carbonyl (C=O) groups is 1. The van der Waals surface area contributed by atoms with E-state index in [0.717, 1.165) is 25.1 Å². The molecule has 2 bridgehead atoms. The molecule has 0 aromatic carbocycles. The van der Waals surface area contributed by atoms with E-state index in [1.54, 1.807) is 17.0 Å². The zero-order valence-electron chi connectivity index (χ0n) is 16.6. The topological polar surface area (TPSA) is 64.5 Å². The molecule has 30 heavy (non-hydrogen) atoms. The minimum atomic E-state index is -4.44. The van der Waals surface area contributed by atoms with E-state index < -0.39 is 11.7 Å². The van der Waals surface area contributed by atoms with Crippen molar-refractivity contribution in [1.82, 2.24) is 14.9 Å². The maximum Gasteiger partial charge on any atom is 0.417 e. The predicted molar refractivity (Wildman–Crippen MR) is 101 cm³/mol. The summed E-state index contributed by atoms with van der Waals surface area (Å²) in [6.45, 7) is 4.67. The van der Waals surface area contributed by atoms with Gasteiger partial charge in [0.1, 0.15) is 6.10 Å².